The molecular weight excluding hydrogens is 310 g/mol. The Morgan fingerprint density at radius 3 is 2.83 bits per heavy atom. The third-order valence-electron chi connectivity index (χ3n) is 4.21. The topological polar surface area (TPSA) is 64.1 Å². The van der Waals surface area contributed by atoms with Gasteiger partial charge in [0.25, 0.3) is 0 Å². The Balaban J connectivity index is 1.62. The van der Waals surface area contributed by atoms with E-state index in [-0.39, 0.29) is 11.8 Å². The summed E-state index contributed by atoms with van der Waals surface area (Å²) in [5.74, 6) is 1.06. The molecule has 0 spiro atoms. The summed E-state index contributed by atoms with van der Waals surface area (Å²) in [7, 11) is 1.66. The molecule has 1 aromatic heterocycles. The summed E-state index contributed by atoms with van der Waals surface area (Å²) in [6.07, 6.45) is 6.16. The molecule has 3 rings (SSSR count). The average Bonchev–Trinajstić information content (AvgIpc) is 3.03. The summed E-state index contributed by atoms with van der Waals surface area (Å²) >= 11 is 1.43. The van der Waals surface area contributed by atoms with Crippen molar-refractivity contribution < 1.29 is 9.53 Å². The van der Waals surface area contributed by atoms with E-state index in [2.05, 4.69) is 15.5 Å². The zero-order valence-corrected chi connectivity index (χ0v) is 14.1. The van der Waals surface area contributed by atoms with Crippen molar-refractivity contribution in [3.05, 3.63) is 34.8 Å². The number of rotatable bonds is 5. The Morgan fingerprint density at radius 1 is 1.26 bits per heavy atom. The van der Waals surface area contributed by atoms with Crippen LogP contribution in [0.2, 0.25) is 0 Å². The molecule has 1 N–H and O–H groups in total. The minimum absolute atomic E-state index is 0.0877. The van der Waals surface area contributed by atoms with Gasteiger partial charge in [-0.3, -0.25) is 4.79 Å². The lowest BCUT2D eigenvalue weighted by atomic mass is 9.89. The summed E-state index contributed by atoms with van der Waals surface area (Å²) in [5, 5.41) is 12.7. The van der Waals surface area contributed by atoms with Gasteiger partial charge < -0.3 is 10.1 Å². The van der Waals surface area contributed by atoms with Crippen LogP contribution in [0.25, 0.3) is 0 Å². The van der Waals surface area contributed by atoms with E-state index in [0.717, 1.165) is 42.0 Å². The van der Waals surface area contributed by atoms with Gasteiger partial charge in [0.05, 0.1) is 7.11 Å². The maximum absolute atomic E-state index is 12.2. The molecule has 0 radical (unpaired) electrons. The van der Waals surface area contributed by atoms with Gasteiger partial charge in [-0.25, -0.2) is 0 Å². The number of amides is 1. The summed E-state index contributed by atoms with van der Waals surface area (Å²) in [5.41, 5.74) is 1.07. The zero-order chi connectivity index (χ0) is 16.1. The number of carbonyl (C=O) groups excluding carboxylic acids is 1. The second-order valence-electron chi connectivity index (χ2n) is 5.81. The predicted molar refractivity (Wildman–Crippen MR) is 90.9 cm³/mol. The Kier molecular flexibility index (Phi) is 5.23. The number of nitrogens with zero attached hydrogens (tertiary/aromatic N) is 2. The summed E-state index contributed by atoms with van der Waals surface area (Å²) in [6.45, 7) is 0. The molecule has 0 aliphatic heterocycles. The minimum Gasteiger partial charge on any atom is -0.496 e. The van der Waals surface area contributed by atoms with Gasteiger partial charge in [0, 0.05) is 17.9 Å². The van der Waals surface area contributed by atoms with Crippen LogP contribution in [-0.2, 0) is 11.2 Å². The fourth-order valence-electron chi connectivity index (χ4n) is 2.96. The number of anilines is 1. The number of hydrogen-bond acceptors (Lipinski definition) is 5. The third kappa shape index (κ3) is 4.07. The fraction of sp³-hybridized carbons (Fsp3) is 0.471. The quantitative estimate of drug-likeness (QED) is 0.908. The van der Waals surface area contributed by atoms with E-state index >= 15 is 0 Å². The number of methoxy groups -OCH3 is 1. The minimum atomic E-state index is 0.0877. The molecule has 1 saturated carbocycles. The molecular formula is C17H21N3O2S. The molecule has 122 valence electrons. The fourth-order valence-corrected chi connectivity index (χ4v) is 3.73. The Morgan fingerprint density at radius 2 is 2.04 bits per heavy atom. The molecule has 0 saturated heterocycles. The van der Waals surface area contributed by atoms with Gasteiger partial charge in [-0.1, -0.05) is 48.8 Å². The zero-order valence-electron chi connectivity index (χ0n) is 13.2. The summed E-state index contributed by atoms with van der Waals surface area (Å²) < 4.78 is 5.35. The molecule has 5 nitrogen and oxygen atoms in total. The number of para-hydroxylation sites is 1. The van der Waals surface area contributed by atoms with E-state index < -0.39 is 0 Å². The number of benzene rings is 1. The monoisotopic (exact) mass is 331 g/mol. The molecule has 0 atom stereocenters. The first-order valence-corrected chi connectivity index (χ1v) is 8.83. The summed E-state index contributed by atoms with van der Waals surface area (Å²) in [6, 6.07) is 7.87. The van der Waals surface area contributed by atoms with Crippen LogP contribution in [0, 0.1) is 5.92 Å². The van der Waals surface area contributed by atoms with Crippen LogP contribution in [0.3, 0.4) is 0 Å². The van der Waals surface area contributed by atoms with E-state index in [1.165, 1.54) is 17.8 Å². The molecule has 1 amide bonds. The first kappa shape index (κ1) is 15.9. The maximum Gasteiger partial charge on any atom is 0.229 e. The van der Waals surface area contributed by atoms with E-state index in [0.29, 0.717) is 11.6 Å². The lowest BCUT2D eigenvalue weighted by Gasteiger charge is -2.19. The van der Waals surface area contributed by atoms with Crippen LogP contribution >= 0.6 is 11.3 Å². The molecule has 0 unspecified atom stereocenters. The predicted octanol–water partition coefficient (Wildman–Crippen LogP) is 3.66. The maximum atomic E-state index is 12.2. The van der Waals surface area contributed by atoms with Crippen LogP contribution < -0.4 is 10.1 Å². The highest BCUT2D eigenvalue weighted by Crippen LogP contribution is 2.27. The molecule has 1 heterocycles. The molecule has 1 aromatic carbocycles. The van der Waals surface area contributed by atoms with Crippen molar-refractivity contribution in [2.75, 3.05) is 12.4 Å². The highest BCUT2D eigenvalue weighted by molar-refractivity contribution is 7.15. The van der Waals surface area contributed by atoms with E-state index in [1.54, 1.807) is 7.11 Å². The average molecular weight is 331 g/mol. The number of carbonyl (C=O) groups is 1. The van der Waals surface area contributed by atoms with Crippen LogP contribution in [0.1, 0.15) is 42.7 Å². The first-order chi connectivity index (χ1) is 11.3. The Bertz CT molecular complexity index is 665. The van der Waals surface area contributed by atoms with Gasteiger partial charge >= 0.3 is 0 Å². The second-order valence-corrected chi connectivity index (χ2v) is 6.88. The Labute approximate surface area is 140 Å². The van der Waals surface area contributed by atoms with Crippen molar-refractivity contribution in [3.63, 3.8) is 0 Å². The largest absolute Gasteiger partial charge is 0.496 e. The lowest BCUT2D eigenvalue weighted by molar-refractivity contribution is -0.120. The van der Waals surface area contributed by atoms with Crippen molar-refractivity contribution in [2.45, 2.75) is 38.5 Å². The van der Waals surface area contributed by atoms with Crippen molar-refractivity contribution in [3.8, 4) is 5.75 Å². The van der Waals surface area contributed by atoms with E-state index in [4.69, 9.17) is 4.74 Å². The van der Waals surface area contributed by atoms with E-state index in [9.17, 15) is 4.79 Å². The van der Waals surface area contributed by atoms with Gasteiger partial charge in [-0.05, 0) is 18.9 Å². The highest BCUT2D eigenvalue weighted by atomic mass is 32.1. The SMILES string of the molecule is COc1ccccc1Cc1nnc(NC(=O)C2CCCCC2)s1. The summed E-state index contributed by atoms with van der Waals surface area (Å²) in [4.78, 5) is 12.2. The van der Waals surface area contributed by atoms with Gasteiger partial charge in [0.2, 0.25) is 11.0 Å². The van der Waals surface area contributed by atoms with Crippen molar-refractivity contribution in [2.24, 2.45) is 5.92 Å². The van der Waals surface area contributed by atoms with Gasteiger partial charge in [-0.2, -0.15) is 0 Å². The highest BCUT2D eigenvalue weighted by Gasteiger charge is 2.22. The van der Waals surface area contributed by atoms with Gasteiger partial charge in [-0.15, -0.1) is 10.2 Å². The normalized spacial score (nSPS) is 15.3. The van der Waals surface area contributed by atoms with Crippen LogP contribution in [0.15, 0.2) is 24.3 Å². The molecule has 6 heteroatoms. The van der Waals surface area contributed by atoms with Crippen LogP contribution in [0.4, 0.5) is 5.13 Å². The Hall–Kier alpha value is -1.95. The first-order valence-electron chi connectivity index (χ1n) is 8.01. The van der Waals surface area contributed by atoms with Gasteiger partial charge in [0.1, 0.15) is 10.8 Å². The van der Waals surface area contributed by atoms with E-state index in [1.807, 2.05) is 24.3 Å². The molecule has 23 heavy (non-hydrogen) atoms. The number of hydrogen-bond donors (Lipinski definition) is 1. The molecule has 1 fully saturated rings. The smallest absolute Gasteiger partial charge is 0.229 e. The number of nitrogens with one attached hydrogen (secondary N) is 1. The second kappa shape index (κ2) is 7.55. The number of aromatic nitrogens is 2. The molecule has 2 aromatic rings. The third-order valence-corrected chi connectivity index (χ3v) is 5.05. The van der Waals surface area contributed by atoms with Crippen molar-refractivity contribution in [1.29, 1.82) is 0 Å². The lowest BCUT2D eigenvalue weighted by Crippen LogP contribution is -2.24. The van der Waals surface area contributed by atoms with Crippen LogP contribution in [-0.4, -0.2) is 23.2 Å². The van der Waals surface area contributed by atoms with Crippen molar-refractivity contribution in [1.82, 2.24) is 10.2 Å². The standard InChI is InChI=1S/C17H21N3O2S/c1-22-14-10-6-5-9-13(14)11-15-19-20-17(23-15)18-16(21)12-7-3-2-4-8-12/h5-6,9-10,12H,2-4,7-8,11H2,1H3,(H,18,20,21). The van der Waals surface area contributed by atoms with Crippen LogP contribution in [0.5, 0.6) is 5.75 Å². The molecule has 0 bridgehead atoms. The number of ether oxygens (including phenoxy) is 1. The molecule has 1 aliphatic rings. The molecule has 1 aliphatic carbocycles. The van der Waals surface area contributed by atoms with Gasteiger partial charge in [0.15, 0.2) is 0 Å². The van der Waals surface area contributed by atoms with Crippen molar-refractivity contribution >= 4 is 22.4 Å².